The third-order valence-electron chi connectivity index (χ3n) is 16.0. The molecule has 0 amide bonds. The Bertz CT molecular complexity index is 5130. The van der Waals surface area contributed by atoms with Crippen LogP contribution in [0.5, 0.6) is 0 Å². The van der Waals surface area contributed by atoms with E-state index in [4.69, 9.17) is 4.42 Å². The number of nitrogens with zero attached hydrogens (tertiary/aromatic N) is 6. The van der Waals surface area contributed by atoms with Gasteiger partial charge in [0.2, 0.25) is 0 Å². The minimum atomic E-state index is 0.383. The number of aromatic nitrogens is 4. The van der Waals surface area contributed by atoms with Crippen LogP contribution in [0.3, 0.4) is 0 Å². The molecule has 0 radical (unpaired) electrons. The molecule has 0 spiro atoms. The maximum Gasteiger partial charge on any atom is 0.160 e. The zero-order valence-electron chi connectivity index (χ0n) is 41.0. The Kier molecular flexibility index (Phi) is 8.67. The third kappa shape index (κ3) is 5.52. The summed E-state index contributed by atoms with van der Waals surface area (Å²) in [4.78, 5) is 0. The van der Waals surface area contributed by atoms with Crippen LogP contribution in [0.2, 0.25) is 0 Å². The molecule has 0 aliphatic heterocycles. The first-order chi connectivity index (χ1) is 37.6. The lowest BCUT2D eigenvalue weighted by Gasteiger charge is -2.27. The molecule has 16 rings (SSSR count). The highest BCUT2D eigenvalue weighted by Crippen LogP contribution is 2.50. The predicted molar refractivity (Wildman–Crippen MR) is 311 cm³/mol. The Morgan fingerprint density at radius 3 is 1.14 bits per heavy atom. The summed E-state index contributed by atoms with van der Waals surface area (Å²) in [6.07, 6.45) is 0. The molecule has 5 aromatic heterocycles. The molecule has 0 saturated carbocycles. The minimum absolute atomic E-state index is 0.383. The maximum absolute atomic E-state index is 12.8. The number of para-hydroxylation sites is 7. The number of furan rings is 1. The molecule has 0 aliphatic rings. The Labute approximate surface area is 434 Å². The van der Waals surface area contributed by atoms with Gasteiger partial charge in [0.25, 0.3) is 0 Å². The normalized spacial score (nSPS) is 12.0. The van der Waals surface area contributed by atoms with Gasteiger partial charge in [-0.1, -0.05) is 164 Å². The Morgan fingerprint density at radius 1 is 0.329 bits per heavy atom. The van der Waals surface area contributed by atoms with Gasteiger partial charge in [0.15, 0.2) is 5.58 Å². The van der Waals surface area contributed by atoms with Gasteiger partial charge in [-0.05, 0) is 84.3 Å². The molecule has 0 aliphatic carbocycles. The van der Waals surface area contributed by atoms with Crippen molar-refractivity contribution in [2.75, 3.05) is 0 Å². The Balaban J connectivity index is 1.23. The summed E-state index contributed by atoms with van der Waals surface area (Å²) in [5.74, 6) is 0. The molecular weight excluding hydrogens is 929 g/mol. The molecule has 16 aromatic rings. The van der Waals surface area contributed by atoms with Crippen LogP contribution in [-0.4, -0.2) is 18.3 Å². The fourth-order valence-electron chi connectivity index (χ4n) is 12.8. The number of hydrogen-bond donors (Lipinski definition) is 0. The minimum Gasteiger partial charge on any atom is -0.454 e. The summed E-state index contributed by atoms with van der Waals surface area (Å²) in [5, 5.41) is 35.6. The van der Waals surface area contributed by atoms with Crippen molar-refractivity contribution < 1.29 is 4.42 Å². The van der Waals surface area contributed by atoms with E-state index in [2.05, 4.69) is 244 Å². The number of hydrogen-bond acceptors (Lipinski definition) is 3. The van der Waals surface area contributed by atoms with Gasteiger partial charge in [-0.2, -0.15) is 10.5 Å². The predicted octanol–water partition coefficient (Wildman–Crippen LogP) is 17.7. The number of aryl methyl sites for hydroxylation is 1. The number of fused-ring (bicyclic) bond motifs is 16. The summed E-state index contributed by atoms with van der Waals surface area (Å²) in [5.41, 5.74) is 15.0. The van der Waals surface area contributed by atoms with Gasteiger partial charge in [-0.25, -0.2) is 0 Å². The Hall–Kier alpha value is -10.6. The highest BCUT2D eigenvalue weighted by Gasteiger charge is 2.35. The summed E-state index contributed by atoms with van der Waals surface area (Å²) in [7, 11) is 0. The van der Waals surface area contributed by atoms with Crippen molar-refractivity contribution in [1.29, 1.82) is 10.5 Å². The summed E-state index contributed by atoms with van der Waals surface area (Å²) in [6.45, 7) is 2.15. The molecule has 0 bridgehead atoms. The molecule has 7 nitrogen and oxygen atoms in total. The fraction of sp³-hybridized carbons (Fsp3) is 0.0145. The average Bonchev–Trinajstić information content (AvgIpc) is 4.34. The van der Waals surface area contributed by atoms with Crippen molar-refractivity contribution in [2.24, 2.45) is 0 Å². The number of nitriles is 2. The first kappa shape index (κ1) is 42.0. The van der Waals surface area contributed by atoms with E-state index >= 15 is 0 Å². The fourth-order valence-corrected chi connectivity index (χ4v) is 12.8. The maximum atomic E-state index is 12.8. The third-order valence-corrected chi connectivity index (χ3v) is 16.0. The molecule has 0 fully saturated rings. The summed E-state index contributed by atoms with van der Waals surface area (Å²) < 4.78 is 16.1. The quantitative estimate of drug-likeness (QED) is 0.172. The molecule has 7 heteroatoms. The lowest BCUT2D eigenvalue weighted by molar-refractivity contribution is 0.671. The first-order valence-electron chi connectivity index (χ1n) is 25.6. The molecule has 0 saturated heterocycles. The van der Waals surface area contributed by atoms with Crippen LogP contribution in [0.15, 0.2) is 229 Å². The first-order valence-corrected chi connectivity index (χ1v) is 25.6. The molecule has 0 unspecified atom stereocenters. The second kappa shape index (κ2) is 15.7. The van der Waals surface area contributed by atoms with E-state index in [1.165, 1.54) is 5.56 Å². The van der Waals surface area contributed by atoms with Crippen molar-refractivity contribution in [3.8, 4) is 46.0 Å². The molecule has 352 valence electrons. The molecule has 11 aromatic carbocycles. The zero-order valence-corrected chi connectivity index (χ0v) is 41.0. The van der Waals surface area contributed by atoms with Crippen molar-refractivity contribution in [2.45, 2.75) is 6.92 Å². The van der Waals surface area contributed by atoms with Crippen LogP contribution in [0.4, 0.5) is 0 Å². The van der Waals surface area contributed by atoms with Crippen LogP contribution < -0.4 is 0 Å². The number of benzene rings is 11. The number of rotatable bonds is 5. The summed E-state index contributed by atoms with van der Waals surface area (Å²) >= 11 is 0. The van der Waals surface area contributed by atoms with E-state index in [1.807, 2.05) is 18.2 Å². The van der Waals surface area contributed by atoms with E-state index in [0.29, 0.717) is 39.5 Å². The topological polar surface area (TPSA) is 80.4 Å². The molecule has 0 N–H and O–H groups in total. The van der Waals surface area contributed by atoms with Crippen molar-refractivity contribution in [3.63, 3.8) is 0 Å². The van der Waals surface area contributed by atoms with Gasteiger partial charge >= 0.3 is 0 Å². The smallest absolute Gasteiger partial charge is 0.160 e. The van der Waals surface area contributed by atoms with Crippen molar-refractivity contribution in [1.82, 2.24) is 18.3 Å². The van der Waals surface area contributed by atoms with Gasteiger partial charge in [0.1, 0.15) is 28.8 Å². The van der Waals surface area contributed by atoms with Gasteiger partial charge < -0.3 is 22.7 Å². The van der Waals surface area contributed by atoms with Crippen molar-refractivity contribution >= 4 is 109 Å². The SMILES string of the molecule is Cc1ccccc1-c1ccc2c(c1)c1ccc3c4ccccc4oc3c1n2-c1c(C#N)c(-n2c3ccccc3c3ccccc32)c(-n2c3ccccc3c3ccccc32)c(C#N)c1-n1c2ccccc2c2ccccc21. The van der Waals surface area contributed by atoms with E-state index in [0.717, 1.165) is 115 Å². The van der Waals surface area contributed by atoms with Gasteiger partial charge in [-0.3, -0.25) is 0 Å². The average molecular weight is 969 g/mol. The van der Waals surface area contributed by atoms with E-state index < -0.39 is 0 Å². The summed E-state index contributed by atoms with van der Waals surface area (Å²) in [6, 6.07) is 84.0. The zero-order chi connectivity index (χ0) is 50.3. The Morgan fingerprint density at radius 2 is 0.697 bits per heavy atom. The second-order valence-corrected chi connectivity index (χ2v) is 19.8. The van der Waals surface area contributed by atoms with E-state index in [1.54, 1.807) is 0 Å². The highest BCUT2D eigenvalue weighted by atomic mass is 16.3. The van der Waals surface area contributed by atoms with Gasteiger partial charge in [-0.15, -0.1) is 0 Å². The molecule has 5 heterocycles. The van der Waals surface area contributed by atoms with Crippen LogP contribution in [0.1, 0.15) is 16.7 Å². The van der Waals surface area contributed by atoms with Crippen molar-refractivity contribution in [3.05, 3.63) is 241 Å². The monoisotopic (exact) mass is 968 g/mol. The van der Waals surface area contributed by atoms with Crippen LogP contribution in [0.25, 0.3) is 143 Å². The lowest BCUT2D eigenvalue weighted by atomic mass is 9.98. The standard InChI is InChI=1S/C69H40N6O/c1-41-18-2-3-19-43(41)42-34-37-62-53(38-42)51-35-36-52-50-26-10-17-33-63(50)76-69(52)68(51)75(62)67-55(40-71)65(73-58-29-13-6-22-46(58)47-23-7-14-30-59(47)73)64(72-56-27-11-4-20-44(56)45-21-5-12-28-57(45)72)54(39-70)66(67)74-60-31-15-8-24-48(60)49-25-9-16-32-61(49)74/h2-38H,1H3. The van der Waals surface area contributed by atoms with Crippen LogP contribution >= 0.6 is 0 Å². The van der Waals surface area contributed by atoms with Crippen LogP contribution in [-0.2, 0) is 0 Å². The molecular formula is C69H40N6O. The van der Waals surface area contributed by atoms with E-state index in [-0.39, 0.29) is 0 Å². The largest absolute Gasteiger partial charge is 0.454 e. The highest BCUT2D eigenvalue weighted by molar-refractivity contribution is 6.23. The lowest BCUT2D eigenvalue weighted by Crippen LogP contribution is -2.16. The van der Waals surface area contributed by atoms with Gasteiger partial charge in [0.05, 0.1) is 66.9 Å². The molecule has 0 atom stereocenters. The van der Waals surface area contributed by atoms with E-state index in [9.17, 15) is 10.5 Å². The van der Waals surface area contributed by atoms with Gasteiger partial charge in [0, 0.05) is 53.9 Å². The van der Waals surface area contributed by atoms with Crippen LogP contribution in [0, 0.1) is 29.6 Å². The molecule has 76 heavy (non-hydrogen) atoms. The second-order valence-electron chi connectivity index (χ2n) is 19.8.